The van der Waals surface area contributed by atoms with Crippen molar-refractivity contribution < 1.29 is 28.7 Å². The van der Waals surface area contributed by atoms with Crippen molar-refractivity contribution >= 4 is 29.4 Å². The number of urea groups is 1. The molecule has 0 saturated carbocycles. The molecular weight excluding hydrogens is 598 g/mol. The molecule has 1 aromatic carbocycles. The Morgan fingerprint density at radius 2 is 1.40 bits per heavy atom. The van der Waals surface area contributed by atoms with Gasteiger partial charge in [-0.2, -0.15) is 0 Å². The molecule has 3 heterocycles. The lowest BCUT2D eigenvalue weighted by molar-refractivity contribution is -0.136. The van der Waals surface area contributed by atoms with Crippen LogP contribution in [0, 0.1) is 5.92 Å². The Balaban J connectivity index is 0.000000250. The molecule has 4 rings (SSSR count). The first-order valence-electron chi connectivity index (χ1n) is 17.0. The second-order valence-corrected chi connectivity index (χ2v) is 13.6. The van der Waals surface area contributed by atoms with Crippen LogP contribution >= 0.6 is 0 Å². The summed E-state index contributed by atoms with van der Waals surface area (Å²) < 4.78 is 10.7. The molecule has 0 N–H and O–H groups in total. The summed E-state index contributed by atoms with van der Waals surface area (Å²) in [6, 6.07) is 9.63. The molecule has 3 aliphatic rings. The average Bonchev–Trinajstić information content (AvgIpc) is 3.44. The van der Waals surface area contributed by atoms with E-state index in [1.807, 2.05) is 62.9 Å². The van der Waals surface area contributed by atoms with Gasteiger partial charge in [0.15, 0.2) is 0 Å². The number of ether oxygens (including phenoxy) is 2. The molecule has 0 aliphatic carbocycles. The van der Waals surface area contributed by atoms with Gasteiger partial charge in [-0.15, -0.1) is 0 Å². The summed E-state index contributed by atoms with van der Waals surface area (Å²) in [5.41, 5.74) is 1.75. The van der Waals surface area contributed by atoms with Crippen LogP contribution in [0.3, 0.4) is 0 Å². The number of carbonyl (C=O) groups excluding carboxylic acids is 4. The zero-order valence-corrected chi connectivity index (χ0v) is 30.2. The number of nitrogens with zero attached hydrogens (tertiary/aromatic N) is 5. The maximum absolute atomic E-state index is 12.2. The first kappa shape index (κ1) is 39.9. The number of amides is 5. The van der Waals surface area contributed by atoms with Gasteiger partial charge in [-0.05, 0) is 65.2 Å². The number of imide groups is 1. The van der Waals surface area contributed by atoms with Crippen LogP contribution in [-0.2, 0) is 23.9 Å². The molecule has 5 amide bonds. The minimum atomic E-state index is -0.274. The molecule has 2 atom stereocenters. The third-order valence-corrected chi connectivity index (χ3v) is 7.85. The lowest BCUT2D eigenvalue weighted by Gasteiger charge is -2.44. The van der Waals surface area contributed by atoms with Gasteiger partial charge in [0.2, 0.25) is 11.8 Å². The molecule has 1 aromatic rings. The minimum absolute atomic E-state index is 0.0954. The molecule has 0 unspecified atom stereocenters. The molecule has 0 radical (unpaired) electrons. The molecule has 3 aliphatic heterocycles. The molecule has 0 aromatic heterocycles. The van der Waals surface area contributed by atoms with Crippen LogP contribution in [0.25, 0.3) is 0 Å². The topological polar surface area (TPSA) is 103 Å². The zero-order valence-electron chi connectivity index (χ0n) is 30.2. The molecule has 11 nitrogen and oxygen atoms in total. The van der Waals surface area contributed by atoms with Gasteiger partial charge in [0.05, 0.1) is 32.0 Å². The van der Waals surface area contributed by atoms with Gasteiger partial charge in [-0.3, -0.25) is 29.1 Å². The normalized spacial score (nSPS) is 20.3. The number of piperazine rings is 1. The van der Waals surface area contributed by atoms with Crippen LogP contribution in [0.2, 0.25) is 0 Å². The Morgan fingerprint density at radius 3 is 1.87 bits per heavy atom. The standard InChI is InChI=1S/C14H18N2O3.C12H24N2O.C10H17NO2/c1-11(2)19-9-8-15-13(17)10-16(14(15)18)12-6-4-3-5-7-12;1-9(2)6-13-7-10(3)14(12(5)15)11(4)8-13;1-8(2)13-5-4-11-7-9(3)6-10(11)12/h3-7,11H,8-10H2,1-2H3;9-11H,6-8H2,1-5H3;8H,3-7H2,1-2H3/t;10-,11+;. The Labute approximate surface area is 282 Å². The van der Waals surface area contributed by atoms with Gasteiger partial charge in [-0.1, -0.05) is 38.6 Å². The van der Waals surface area contributed by atoms with Gasteiger partial charge < -0.3 is 19.3 Å². The summed E-state index contributed by atoms with van der Waals surface area (Å²) in [5.74, 6) is 0.908. The number of anilines is 1. The quantitative estimate of drug-likeness (QED) is 0.252. The molecule has 264 valence electrons. The van der Waals surface area contributed by atoms with Gasteiger partial charge in [0.25, 0.3) is 5.91 Å². The first-order valence-corrected chi connectivity index (χ1v) is 17.0. The fourth-order valence-electron chi connectivity index (χ4n) is 6.01. The number of rotatable bonds is 11. The monoisotopic (exact) mass is 657 g/mol. The molecule has 0 bridgehead atoms. The average molecular weight is 658 g/mol. The summed E-state index contributed by atoms with van der Waals surface area (Å²) in [6.07, 6.45) is 0.848. The number of hydrogen-bond acceptors (Lipinski definition) is 7. The fourth-order valence-corrected chi connectivity index (χ4v) is 6.01. The predicted molar refractivity (Wildman–Crippen MR) is 186 cm³/mol. The van der Waals surface area contributed by atoms with Crippen LogP contribution in [0.4, 0.5) is 10.5 Å². The van der Waals surface area contributed by atoms with E-state index in [-0.39, 0.29) is 42.5 Å². The van der Waals surface area contributed by atoms with E-state index in [9.17, 15) is 19.2 Å². The molecular formula is C36H59N5O6. The van der Waals surface area contributed by atoms with E-state index in [2.05, 4.69) is 39.2 Å². The fraction of sp³-hybridized carbons (Fsp3) is 0.667. The Morgan fingerprint density at radius 1 is 0.851 bits per heavy atom. The van der Waals surface area contributed by atoms with Crippen molar-refractivity contribution in [3.05, 3.63) is 42.5 Å². The number of benzene rings is 1. The zero-order chi connectivity index (χ0) is 35.3. The van der Waals surface area contributed by atoms with Gasteiger partial charge in [0, 0.05) is 63.8 Å². The Bertz CT molecular complexity index is 1160. The van der Waals surface area contributed by atoms with Crippen molar-refractivity contribution in [1.82, 2.24) is 19.6 Å². The van der Waals surface area contributed by atoms with Crippen molar-refractivity contribution in [3.8, 4) is 0 Å². The van der Waals surface area contributed by atoms with Crippen LogP contribution in [0.15, 0.2) is 42.5 Å². The molecule has 3 saturated heterocycles. The number of carbonyl (C=O) groups is 4. The van der Waals surface area contributed by atoms with Crippen LogP contribution in [-0.4, -0.2) is 127 Å². The van der Waals surface area contributed by atoms with E-state index >= 15 is 0 Å². The van der Waals surface area contributed by atoms with E-state index in [1.54, 1.807) is 11.8 Å². The number of para-hydroxylation sites is 1. The van der Waals surface area contributed by atoms with E-state index in [0.717, 1.165) is 30.9 Å². The second kappa shape index (κ2) is 19.5. The summed E-state index contributed by atoms with van der Waals surface area (Å²) in [4.78, 5) is 55.8. The summed E-state index contributed by atoms with van der Waals surface area (Å²) >= 11 is 0. The van der Waals surface area contributed by atoms with Crippen LogP contribution < -0.4 is 4.90 Å². The lowest BCUT2D eigenvalue weighted by atomic mass is 10.1. The smallest absolute Gasteiger partial charge is 0.331 e. The van der Waals surface area contributed by atoms with Crippen molar-refractivity contribution in [2.45, 2.75) is 93.0 Å². The van der Waals surface area contributed by atoms with Crippen molar-refractivity contribution in [3.63, 3.8) is 0 Å². The Hall–Kier alpha value is -3.28. The van der Waals surface area contributed by atoms with Gasteiger partial charge in [0.1, 0.15) is 6.54 Å². The van der Waals surface area contributed by atoms with Crippen molar-refractivity contribution in [2.24, 2.45) is 5.92 Å². The molecule has 0 spiro atoms. The molecule has 47 heavy (non-hydrogen) atoms. The molecule has 11 heteroatoms. The highest BCUT2D eigenvalue weighted by atomic mass is 16.5. The third-order valence-electron chi connectivity index (χ3n) is 7.85. The SMILES string of the molecule is C=C1CC(=O)N(CCOC(C)C)C1.CC(=O)N1[C@H](C)CN(CC(C)C)C[C@@H]1C.CC(C)OCCN1C(=O)CN(c2ccccc2)C1=O. The van der Waals surface area contributed by atoms with Crippen molar-refractivity contribution in [2.75, 3.05) is 63.9 Å². The number of likely N-dealkylation sites (tertiary alicyclic amines) is 1. The summed E-state index contributed by atoms with van der Waals surface area (Å²) in [6.45, 7) is 28.0. The van der Waals surface area contributed by atoms with E-state index in [1.165, 1.54) is 9.80 Å². The summed E-state index contributed by atoms with van der Waals surface area (Å²) in [5, 5.41) is 0. The highest BCUT2D eigenvalue weighted by molar-refractivity contribution is 6.12. The van der Waals surface area contributed by atoms with Crippen LogP contribution in [0.5, 0.6) is 0 Å². The lowest BCUT2D eigenvalue weighted by Crippen LogP contribution is -2.58. The predicted octanol–water partition coefficient (Wildman–Crippen LogP) is 4.66. The van der Waals surface area contributed by atoms with E-state index < -0.39 is 0 Å². The number of hydrogen-bond donors (Lipinski definition) is 0. The minimum Gasteiger partial charge on any atom is -0.377 e. The Kier molecular flexibility index (Phi) is 16.6. The first-order chi connectivity index (χ1) is 22.1. The van der Waals surface area contributed by atoms with Gasteiger partial charge >= 0.3 is 6.03 Å². The van der Waals surface area contributed by atoms with E-state index in [4.69, 9.17) is 9.47 Å². The third kappa shape index (κ3) is 13.4. The summed E-state index contributed by atoms with van der Waals surface area (Å²) in [7, 11) is 0. The largest absolute Gasteiger partial charge is 0.377 e. The maximum Gasteiger partial charge on any atom is 0.331 e. The van der Waals surface area contributed by atoms with Crippen LogP contribution in [0.1, 0.15) is 68.7 Å². The molecule has 3 fully saturated rings. The highest BCUT2D eigenvalue weighted by Gasteiger charge is 2.36. The van der Waals surface area contributed by atoms with E-state index in [0.29, 0.717) is 57.3 Å². The maximum atomic E-state index is 12.2. The highest BCUT2D eigenvalue weighted by Crippen LogP contribution is 2.20. The van der Waals surface area contributed by atoms with Gasteiger partial charge in [-0.25, -0.2) is 4.79 Å². The van der Waals surface area contributed by atoms with Crippen molar-refractivity contribution in [1.29, 1.82) is 0 Å². The second-order valence-electron chi connectivity index (χ2n) is 13.6.